The topological polar surface area (TPSA) is 57.7 Å². The van der Waals surface area contributed by atoms with Crippen LogP contribution in [0.15, 0.2) is 29.1 Å². The van der Waals surface area contributed by atoms with Gasteiger partial charge in [-0.1, -0.05) is 21.3 Å². The maximum Gasteiger partial charge on any atom is 0.241 e. The molecular weight excluding hydrogens is 396 g/mol. The number of aromatic nitrogens is 1. The van der Waals surface area contributed by atoms with Crippen LogP contribution in [0.1, 0.15) is 33.8 Å². The summed E-state index contributed by atoms with van der Waals surface area (Å²) in [7, 11) is 1.72. The first-order chi connectivity index (χ1) is 13.9. The second-order valence-corrected chi connectivity index (χ2v) is 9.59. The first kappa shape index (κ1) is 22.9. The Bertz CT molecular complexity index is 868. The van der Waals surface area contributed by atoms with Gasteiger partial charge in [0.05, 0.1) is 24.5 Å². The number of amides is 1. The predicted molar refractivity (Wildman–Crippen MR) is 124 cm³/mol. The van der Waals surface area contributed by atoms with Gasteiger partial charge in [-0.25, -0.2) is 0 Å². The monoisotopic (exact) mass is 430 g/mol. The van der Waals surface area contributed by atoms with E-state index in [4.69, 9.17) is 4.74 Å². The van der Waals surface area contributed by atoms with Crippen LogP contribution in [0.25, 0.3) is 11.3 Å². The van der Waals surface area contributed by atoms with Crippen LogP contribution in [-0.2, 0) is 14.9 Å². The molecule has 0 saturated carbocycles. The van der Waals surface area contributed by atoms with Gasteiger partial charge in [-0.2, -0.15) is 11.3 Å². The molecule has 30 heavy (non-hydrogen) atoms. The van der Waals surface area contributed by atoms with E-state index in [0.717, 1.165) is 35.6 Å². The Morgan fingerprint density at radius 3 is 2.93 bits per heavy atom. The molecule has 6 nitrogen and oxygen atoms in total. The molecule has 0 unspecified atom stereocenters. The first-order valence-corrected chi connectivity index (χ1v) is 11.1. The Kier molecular flexibility index (Phi) is 6.97. The molecule has 1 saturated heterocycles. The number of ether oxygens (including phenoxy) is 1. The van der Waals surface area contributed by atoms with Crippen LogP contribution in [0.5, 0.6) is 0 Å². The number of fused-ring (bicyclic) bond motifs is 1. The Balaban J connectivity index is 0.00000256. The van der Waals surface area contributed by atoms with Crippen molar-refractivity contribution >= 4 is 22.9 Å². The average Bonchev–Trinajstić information content (AvgIpc) is 3.30. The normalized spacial score (nSPS) is 23.1. The molecule has 1 amide bonds. The van der Waals surface area contributed by atoms with Crippen LogP contribution in [0.2, 0.25) is 0 Å². The average molecular weight is 431 g/mol. The highest BCUT2D eigenvalue weighted by Crippen LogP contribution is 2.41. The van der Waals surface area contributed by atoms with Crippen molar-refractivity contribution in [2.75, 3.05) is 44.8 Å². The van der Waals surface area contributed by atoms with E-state index in [1.807, 2.05) is 11.1 Å². The second-order valence-electron chi connectivity index (χ2n) is 8.81. The Labute approximate surface area is 184 Å². The summed E-state index contributed by atoms with van der Waals surface area (Å²) in [4.78, 5) is 22.3. The third-order valence-electron chi connectivity index (χ3n) is 6.00. The highest BCUT2D eigenvalue weighted by atomic mass is 32.1. The molecule has 1 N–H and O–H groups in total. The molecule has 1 fully saturated rings. The number of nitrogens with one attached hydrogen (secondary N) is 1. The number of nitrogens with zero attached hydrogens (tertiary/aromatic N) is 3. The molecule has 2 atom stereocenters. The summed E-state index contributed by atoms with van der Waals surface area (Å²) in [6.07, 6.45) is 1.95. The Morgan fingerprint density at radius 2 is 2.23 bits per heavy atom. The van der Waals surface area contributed by atoms with Gasteiger partial charge in [0.2, 0.25) is 5.91 Å². The van der Waals surface area contributed by atoms with Crippen molar-refractivity contribution in [1.29, 1.82) is 0 Å². The lowest BCUT2D eigenvalue weighted by atomic mass is 9.88. The number of hydrogen-bond acceptors (Lipinski definition) is 6. The minimum atomic E-state index is -0.103. The van der Waals surface area contributed by atoms with E-state index in [1.165, 1.54) is 0 Å². The van der Waals surface area contributed by atoms with Gasteiger partial charge in [0.15, 0.2) is 0 Å². The number of thiophene rings is 1. The Hall–Kier alpha value is -1.80. The molecule has 7 heteroatoms. The number of pyridine rings is 1. The summed E-state index contributed by atoms with van der Waals surface area (Å²) in [5, 5.41) is 7.64. The number of carbonyl (C=O) groups is 1. The summed E-state index contributed by atoms with van der Waals surface area (Å²) >= 11 is 1.66. The molecule has 0 aromatic carbocycles. The van der Waals surface area contributed by atoms with Crippen LogP contribution >= 0.6 is 11.3 Å². The number of rotatable bonds is 5. The van der Waals surface area contributed by atoms with Gasteiger partial charge < -0.3 is 15.0 Å². The lowest BCUT2D eigenvalue weighted by Gasteiger charge is -2.39. The number of carbonyl (C=O) groups excluding carboxylic acids is 1. The molecule has 164 valence electrons. The first-order valence-electron chi connectivity index (χ1n) is 10.2. The maximum absolute atomic E-state index is 13.4. The third-order valence-corrected chi connectivity index (χ3v) is 6.68. The van der Waals surface area contributed by atoms with Crippen LogP contribution < -0.4 is 10.2 Å². The molecule has 0 bridgehead atoms. The SMILES string of the molecule is C.COC[C@H]1CN[C@H](C)CN1CC(=O)N1CC(C)(C)c2cnc(-c3ccsc3)cc21. The molecule has 0 aliphatic carbocycles. The van der Waals surface area contributed by atoms with E-state index in [9.17, 15) is 4.79 Å². The van der Waals surface area contributed by atoms with Crippen molar-refractivity contribution in [2.24, 2.45) is 0 Å². The van der Waals surface area contributed by atoms with Gasteiger partial charge in [-0.05, 0) is 24.4 Å². The molecule has 2 aromatic rings. The summed E-state index contributed by atoms with van der Waals surface area (Å²) in [6.45, 7) is 9.95. The van der Waals surface area contributed by atoms with Gasteiger partial charge in [0, 0.05) is 66.9 Å². The van der Waals surface area contributed by atoms with Crippen molar-refractivity contribution in [2.45, 2.75) is 45.7 Å². The van der Waals surface area contributed by atoms with Gasteiger partial charge in [-0.3, -0.25) is 14.7 Å². The van der Waals surface area contributed by atoms with Crippen molar-refractivity contribution < 1.29 is 9.53 Å². The molecule has 4 rings (SSSR count). The standard InChI is InChI=1S/C22H30N4O2S.CH4/c1-15-10-25(17(8-23-15)12-28-4)11-21(27)26-14-22(2,3)18-9-24-19(7-20(18)26)16-5-6-29-13-16;/h5-7,9,13,15,17,23H,8,10-12,14H2,1-4H3;1H4/t15-,17-;/m1./s1. The van der Waals surface area contributed by atoms with E-state index in [1.54, 1.807) is 18.4 Å². The van der Waals surface area contributed by atoms with E-state index >= 15 is 0 Å². The predicted octanol–water partition coefficient (Wildman–Crippen LogP) is 3.38. The quantitative estimate of drug-likeness (QED) is 0.788. The zero-order valence-electron chi connectivity index (χ0n) is 17.6. The minimum absolute atomic E-state index is 0. The molecular formula is C23H34N4O2S. The molecule has 4 heterocycles. The van der Waals surface area contributed by atoms with Crippen LogP contribution in [0, 0.1) is 0 Å². The van der Waals surface area contributed by atoms with E-state index in [0.29, 0.717) is 25.7 Å². The van der Waals surface area contributed by atoms with Crippen molar-refractivity contribution in [3.05, 3.63) is 34.7 Å². The lowest BCUT2D eigenvalue weighted by Crippen LogP contribution is -2.59. The van der Waals surface area contributed by atoms with Gasteiger partial charge in [-0.15, -0.1) is 0 Å². The van der Waals surface area contributed by atoms with Crippen LogP contribution in [0.4, 0.5) is 5.69 Å². The number of anilines is 1. The zero-order chi connectivity index (χ0) is 20.6. The van der Waals surface area contributed by atoms with E-state index < -0.39 is 0 Å². The Morgan fingerprint density at radius 1 is 1.43 bits per heavy atom. The van der Waals surface area contributed by atoms with Crippen LogP contribution in [-0.4, -0.2) is 67.8 Å². The fourth-order valence-electron chi connectivity index (χ4n) is 4.39. The maximum atomic E-state index is 13.4. The highest BCUT2D eigenvalue weighted by Gasteiger charge is 2.39. The summed E-state index contributed by atoms with van der Waals surface area (Å²) in [5.41, 5.74) is 4.07. The summed E-state index contributed by atoms with van der Waals surface area (Å²) in [5.74, 6) is 0.148. The summed E-state index contributed by atoms with van der Waals surface area (Å²) < 4.78 is 5.39. The molecule has 2 aliphatic rings. The van der Waals surface area contributed by atoms with Crippen molar-refractivity contribution in [1.82, 2.24) is 15.2 Å². The van der Waals surface area contributed by atoms with Gasteiger partial charge >= 0.3 is 0 Å². The van der Waals surface area contributed by atoms with Crippen molar-refractivity contribution in [3.63, 3.8) is 0 Å². The molecule has 2 aliphatic heterocycles. The molecule has 0 spiro atoms. The van der Waals surface area contributed by atoms with Gasteiger partial charge in [0.25, 0.3) is 0 Å². The largest absolute Gasteiger partial charge is 0.383 e. The van der Waals surface area contributed by atoms with Crippen LogP contribution in [0.3, 0.4) is 0 Å². The van der Waals surface area contributed by atoms with Crippen molar-refractivity contribution in [3.8, 4) is 11.3 Å². The second kappa shape index (κ2) is 9.14. The third kappa shape index (κ3) is 4.44. The zero-order valence-corrected chi connectivity index (χ0v) is 18.5. The van der Waals surface area contributed by atoms with E-state index in [2.05, 4.69) is 58.9 Å². The fraction of sp³-hybridized carbons (Fsp3) is 0.565. The smallest absolute Gasteiger partial charge is 0.241 e. The number of methoxy groups -OCH3 is 1. The lowest BCUT2D eigenvalue weighted by molar-refractivity contribution is -0.121. The van der Waals surface area contributed by atoms with Gasteiger partial charge in [0.1, 0.15) is 0 Å². The number of piperazine rings is 1. The summed E-state index contributed by atoms with van der Waals surface area (Å²) in [6, 6.07) is 4.74. The molecule has 2 aromatic heterocycles. The number of hydrogen-bond donors (Lipinski definition) is 1. The highest BCUT2D eigenvalue weighted by molar-refractivity contribution is 7.08. The molecule has 0 radical (unpaired) electrons. The fourth-order valence-corrected chi connectivity index (χ4v) is 5.04. The minimum Gasteiger partial charge on any atom is -0.383 e. The van der Waals surface area contributed by atoms with E-state index in [-0.39, 0.29) is 24.8 Å².